The van der Waals surface area contributed by atoms with Gasteiger partial charge in [0.15, 0.2) is 27.8 Å². The lowest BCUT2D eigenvalue weighted by Crippen LogP contribution is -2.29. The van der Waals surface area contributed by atoms with Crippen molar-refractivity contribution in [1.29, 1.82) is 0 Å². The molecular formula is C31H31Cl5FN12O4PS3. The van der Waals surface area contributed by atoms with Crippen molar-refractivity contribution in [3.63, 3.8) is 0 Å². The molecule has 1 amide bonds. The fraction of sp³-hybridized carbons (Fsp3) is 0.323. The SMILES string of the molecule is C.Cc1nc2[nH]c(=O)[nH]c(=O)c2s1.Cc1nc2nc(Cl)nc(Cl)c2s1.Cc1nc2nc(N[C@@H](C)c3cncc(F)c3)nc(C(=O)N3CCCC3)c2s1.O=P(Cl)(Cl)Cl. The minimum absolute atomic E-state index is 0. The lowest BCUT2D eigenvalue weighted by atomic mass is 10.1. The number of aromatic amines is 2. The van der Waals surface area contributed by atoms with Gasteiger partial charge in [-0.1, -0.05) is 19.0 Å². The van der Waals surface area contributed by atoms with E-state index in [9.17, 15) is 23.3 Å². The molecule has 26 heteroatoms. The van der Waals surface area contributed by atoms with Crippen molar-refractivity contribution in [2.75, 3.05) is 18.4 Å². The number of H-pyrrole nitrogens is 2. The van der Waals surface area contributed by atoms with Crippen LogP contribution in [0.5, 0.6) is 0 Å². The number of hydrogen-bond acceptors (Lipinski definition) is 16. The number of pyridine rings is 1. The summed E-state index contributed by atoms with van der Waals surface area (Å²) in [7, 11) is 0. The van der Waals surface area contributed by atoms with E-state index in [0.29, 0.717) is 48.7 Å². The van der Waals surface area contributed by atoms with Gasteiger partial charge in [-0.05, 0) is 97.5 Å². The Morgan fingerprint density at radius 3 is 2.07 bits per heavy atom. The second-order valence-electron chi connectivity index (χ2n) is 11.5. The van der Waals surface area contributed by atoms with Crippen LogP contribution in [-0.4, -0.2) is 73.7 Å². The summed E-state index contributed by atoms with van der Waals surface area (Å²) in [6, 6.07) is 1.13. The van der Waals surface area contributed by atoms with Gasteiger partial charge in [0.05, 0.1) is 27.3 Å². The van der Waals surface area contributed by atoms with Crippen LogP contribution in [0.15, 0.2) is 28.0 Å². The zero-order valence-electron chi connectivity index (χ0n) is 29.2. The fourth-order valence-electron chi connectivity index (χ4n) is 4.98. The van der Waals surface area contributed by atoms with Crippen LogP contribution >= 0.6 is 96.1 Å². The molecular weight excluding hydrogens is 928 g/mol. The first kappa shape index (κ1) is 46.2. The number of nitrogens with zero attached hydrogens (tertiary/aromatic N) is 9. The molecule has 0 radical (unpaired) electrons. The maximum atomic E-state index is 13.4. The molecule has 7 aromatic rings. The standard InChI is InChI=1S/C18H19FN6OS.C6H3Cl2N3S.C6H5N3O2S.CH4.Cl3OP/c1-10(12-7-13(19)9-20-8-12)21-18-23-14(17(26)25-5-3-4-6-25)15-16(24-18)22-11(2)27-15;1-2-9-5-3(12-2)4(7)10-6(8)11-5;1-2-7-4-3(12-2)5(10)9-6(11)8-4;;1-5(2,3)4/h7-10H,3-6H2,1-2H3,(H,21,23,24);1H3;1H3,(H2,8,9,10,11);1H4;/t10-;;;;/m0..../s1. The Bertz CT molecular complexity index is 2690. The summed E-state index contributed by atoms with van der Waals surface area (Å²) in [5.41, 5.74) is 1.59. The molecule has 8 heterocycles. The van der Waals surface area contributed by atoms with Crippen LogP contribution in [0.4, 0.5) is 10.3 Å². The van der Waals surface area contributed by atoms with E-state index in [1.165, 1.54) is 40.1 Å². The van der Waals surface area contributed by atoms with Gasteiger partial charge in [-0.15, -0.1) is 34.0 Å². The summed E-state index contributed by atoms with van der Waals surface area (Å²) in [5.74, 6) is -0.198. The van der Waals surface area contributed by atoms with Gasteiger partial charge in [0.25, 0.3) is 11.5 Å². The van der Waals surface area contributed by atoms with Crippen LogP contribution in [0, 0.1) is 26.6 Å². The zero-order chi connectivity index (χ0) is 40.9. The fourth-order valence-corrected chi connectivity index (χ4v) is 7.82. The number of aromatic nitrogens is 10. The van der Waals surface area contributed by atoms with Crippen molar-refractivity contribution < 1.29 is 13.8 Å². The first-order valence-corrected chi connectivity index (χ1v) is 23.5. The average Bonchev–Trinajstić information content (AvgIpc) is 3.90. The lowest BCUT2D eigenvalue weighted by Gasteiger charge is -2.17. The smallest absolute Gasteiger partial charge is 0.339 e. The average molecular weight is 959 g/mol. The molecule has 1 atom stereocenters. The van der Waals surface area contributed by atoms with Gasteiger partial charge in [0, 0.05) is 19.3 Å². The Labute approximate surface area is 359 Å². The summed E-state index contributed by atoms with van der Waals surface area (Å²) >= 11 is 29.4. The summed E-state index contributed by atoms with van der Waals surface area (Å²) in [6.07, 6.45) is 4.76. The number of thiazole rings is 3. The van der Waals surface area contributed by atoms with Crippen molar-refractivity contribution in [1.82, 2.24) is 54.7 Å². The predicted octanol–water partition coefficient (Wildman–Crippen LogP) is 9.47. The van der Waals surface area contributed by atoms with Gasteiger partial charge in [-0.2, -0.15) is 9.97 Å². The number of aryl methyl sites for hydroxylation is 3. The van der Waals surface area contributed by atoms with Gasteiger partial charge in [0.1, 0.15) is 19.9 Å². The van der Waals surface area contributed by atoms with Gasteiger partial charge >= 0.3 is 10.9 Å². The predicted molar refractivity (Wildman–Crippen MR) is 229 cm³/mol. The Morgan fingerprint density at radius 2 is 1.44 bits per heavy atom. The third kappa shape index (κ3) is 13.0. The molecule has 16 nitrogen and oxygen atoms in total. The van der Waals surface area contributed by atoms with Crippen molar-refractivity contribution in [2.24, 2.45) is 0 Å². The molecule has 1 aliphatic heterocycles. The highest BCUT2D eigenvalue weighted by Gasteiger charge is 2.26. The van der Waals surface area contributed by atoms with E-state index < -0.39 is 16.7 Å². The maximum absolute atomic E-state index is 13.4. The number of carbonyl (C=O) groups is 1. The number of fused-ring (bicyclic) bond motifs is 3. The van der Waals surface area contributed by atoms with Crippen LogP contribution in [0.25, 0.3) is 31.0 Å². The normalized spacial score (nSPS) is 12.8. The third-order valence-corrected chi connectivity index (χ3v) is 10.7. The summed E-state index contributed by atoms with van der Waals surface area (Å²) < 4.78 is 24.9. The van der Waals surface area contributed by atoms with Gasteiger partial charge in [0.2, 0.25) is 11.2 Å². The molecule has 0 bridgehead atoms. The number of halogens is 6. The molecule has 1 fully saturated rings. The van der Waals surface area contributed by atoms with E-state index in [2.05, 4.69) is 88.9 Å². The van der Waals surface area contributed by atoms with E-state index in [-0.39, 0.29) is 30.2 Å². The minimum Gasteiger partial charge on any atom is -0.348 e. The second kappa shape index (κ2) is 20.0. The molecule has 8 rings (SSSR count). The zero-order valence-corrected chi connectivity index (χ0v) is 36.4. The van der Waals surface area contributed by atoms with E-state index in [1.54, 1.807) is 13.1 Å². The van der Waals surface area contributed by atoms with Crippen molar-refractivity contribution in [3.05, 3.63) is 81.8 Å². The van der Waals surface area contributed by atoms with Crippen LogP contribution in [-0.2, 0) is 4.57 Å². The Balaban J connectivity index is 0.000000199. The molecule has 1 aliphatic rings. The first-order valence-electron chi connectivity index (χ1n) is 15.9. The number of rotatable bonds is 4. The Hall–Kier alpha value is -3.46. The molecule has 7 aromatic heterocycles. The molecule has 304 valence electrons. The van der Waals surface area contributed by atoms with Crippen molar-refractivity contribution in [2.45, 2.75) is 54.0 Å². The molecule has 1 saturated heterocycles. The summed E-state index contributed by atoms with van der Waals surface area (Å²) in [4.78, 5) is 74.3. The van der Waals surface area contributed by atoms with Gasteiger partial charge < -0.3 is 10.2 Å². The number of nitrogens with one attached hydrogen (secondary N) is 3. The second-order valence-corrected chi connectivity index (χ2v) is 22.4. The van der Waals surface area contributed by atoms with Crippen LogP contribution < -0.4 is 16.6 Å². The third-order valence-electron chi connectivity index (χ3n) is 7.22. The largest absolute Gasteiger partial charge is 0.348 e. The molecule has 0 spiro atoms. The quantitative estimate of drug-likeness (QED) is 0.0852. The molecule has 0 unspecified atom stereocenters. The highest BCUT2D eigenvalue weighted by atomic mass is 36.0. The number of amides is 1. The number of likely N-dealkylation sites (tertiary alicyclic amines) is 1. The van der Waals surface area contributed by atoms with Gasteiger partial charge in [-0.3, -0.25) is 29.1 Å². The minimum atomic E-state index is -3.22. The maximum Gasteiger partial charge on any atom is 0.339 e. The molecule has 0 aliphatic carbocycles. The molecule has 0 aromatic carbocycles. The highest BCUT2D eigenvalue weighted by molar-refractivity contribution is 8.24. The summed E-state index contributed by atoms with van der Waals surface area (Å²) in [5, 5.41) is 2.92. The van der Waals surface area contributed by atoms with Crippen molar-refractivity contribution in [3.8, 4) is 0 Å². The number of hydrogen-bond donors (Lipinski definition) is 3. The number of carbonyl (C=O) groups excluding carboxylic acids is 1. The molecule has 0 saturated carbocycles. The van der Waals surface area contributed by atoms with E-state index in [1.807, 2.05) is 25.7 Å². The van der Waals surface area contributed by atoms with Gasteiger partial charge in [-0.25, -0.2) is 34.1 Å². The van der Waals surface area contributed by atoms with Crippen molar-refractivity contribution >= 4 is 139 Å². The first-order chi connectivity index (χ1) is 26.3. The van der Waals surface area contributed by atoms with Crippen LogP contribution in [0.2, 0.25) is 10.4 Å². The Morgan fingerprint density at radius 1 is 0.860 bits per heavy atom. The molecule has 3 N–H and O–H groups in total. The van der Waals surface area contributed by atoms with E-state index >= 15 is 0 Å². The monoisotopic (exact) mass is 956 g/mol. The van der Waals surface area contributed by atoms with Crippen LogP contribution in [0.1, 0.15) is 64.3 Å². The number of anilines is 1. The molecule has 57 heavy (non-hydrogen) atoms. The van der Waals surface area contributed by atoms with E-state index in [4.69, 9.17) is 23.2 Å². The van der Waals surface area contributed by atoms with Crippen LogP contribution in [0.3, 0.4) is 0 Å². The lowest BCUT2D eigenvalue weighted by molar-refractivity contribution is 0.0789. The topological polar surface area (TPSA) is 218 Å². The summed E-state index contributed by atoms with van der Waals surface area (Å²) in [6.45, 7) is 8.90. The Kier molecular flexibility index (Phi) is 16.2. The van der Waals surface area contributed by atoms with E-state index in [0.717, 1.165) is 51.9 Å². The highest BCUT2D eigenvalue weighted by Crippen LogP contribution is 2.61.